The van der Waals surface area contributed by atoms with Crippen LogP contribution in [0, 0.1) is 21.0 Å². The third-order valence-corrected chi connectivity index (χ3v) is 7.41. The minimum atomic E-state index is -1.08. The zero-order valence-corrected chi connectivity index (χ0v) is 21.0. The van der Waals surface area contributed by atoms with Gasteiger partial charge in [0.05, 0.1) is 20.1 Å². The molecule has 2 N–H and O–H groups in total. The van der Waals surface area contributed by atoms with Gasteiger partial charge in [0.15, 0.2) is 11.6 Å². The van der Waals surface area contributed by atoms with Gasteiger partial charge in [0, 0.05) is 17.8 Å². The lowest BCUT2D eigenvalue weighted by molar-refractivity contribution is -0.160. The van der Waals surface area contributed by atoms with Crippen LogP contribution in [-0.4, -0.2) is 39.0 Å². The molecule has 0 saturated carbocycles. The maximum absolute atomic E-state index is 14.6. The van der Waals surface area contributed by atoms with Crippen LogP contribution in [0.5, 0.6) is 0 Å². The van der Waals surface area contributed by atoms with Crippen LogP contribution < -0.4 is 5.32 Å². The molecule has 2 heterocycles. The highest BCUT2D eigenvalue weighted by molar-refractivity contribution is 14.1. The van der Waals surface area contributed by atoms with Crippen LogP contribution in [0.4, 0.5) is 18.9 Å². The van der Waals surface area contributed by atoms with E-state index in [0.717, 1.165) is 11.1 Å². The van der Waals surface area contributed by atoms with Crippen molar-refractivity contribution in [3.63, 3.8) is 0 Å². The van der Waals surface area contributed by atoms with E-state index in [1.54, 1.807) is 34.5 Å². The molecule has 0 radical (unpaired) electrons. The number of hydrogen-bond donors (Lipinski definition) is 2. The lowest BCUT2D eigenvalue weighted by Gasteiger charge is -2.46. The van der Waals surface area contributed by atoms with Gasteiger partial charge >= 0.3 is 0 Å². The minimum absolute atomic E-state index is 0.0633. The fourth-order valence-corrected chi connectivity index (χ4v) is 4.83. The number of hydrogen-bond acceptors (Lipinski definition) is 4. The van der Waals surface area contributed by atoms with Crippen LogP contribution in [0.2, 0.25) is 0 Å². The van der Waals surface area contributed by atoms with Crippen LogP contribution >= 0.6 is 38.5 Å². The van der Waals surface area contributed by atoms with Crippen LogP contribution in [0.1, 0.15) is 25.3 Å². The van der Waals surface area contributed by atoms with E-state index in [2.05, 4.69) is 21.2 Å². The van der Waals surface area contributed by atoms with Gasteiger partial charge < -0.3 is 10.4 Å². The molecular weight excluding hydrogens is 618 g/mol. The number of benzene rings is 2. The molecule has 0 spiro atoms. The Morgan fingerprint density at radius 2 is 1.97 bits per heavy atom. The second-order valence-corrected chi connectivity index (χ2v) is 10.0. The van der Waals surface area contributed by atoms with Crippen LogP contribution in [0.25, 0.3) is 0 Å². The summed E-state index contributed by atoms with van der Waals surface area (Å²) in [5.74, 6) is -4.91. The summed E-state index contributed by atoms with van der Waals surface area (Å²) < 4.78 is 42.8. The molecular formula is C22H18BrF3IN3O3. The van der Waals surface area contributed by atoms with Crippen LogP contribution in [0.15, 0.2) is 46.1 Å². The number of aliphatic hydroxyl groups is 1. The van der Waals surface area contributed by atoms with Gasteiger partial charge in [0.1, 0.15) is 17.1 Å². The molecule has 174 valence electrons. The van der Waals surface area contributed by atoms with Gasteiger partial charge in [0.25, 0.3) is 11.8 Å². The third-order valence-electron chi connectivity index (χ3n) is 5.93. The van der Waals surface area contributed by atoms with Crippen molar-refractivity contribution < 1.29 is 27.9 Å². The second kappa shape index (κ2) is 8.91. The molecule has 2 amide bonds. The quantitative estimate of drug-likeness (QED) is 0.281. The number of nitrogens with zero attached hydrogens (tertiary/aromatic N) is 2. The Morgan fingerprint density at radius 1 is 1.24 bits per heavy atom. The Labute approximate surface area is 209 Å². The van der Waals surface area contributed by atoms with E-state index >= 15 is 0 Å². The molecule has 2 aromatic rings. The highest BCUT2D eigenvalue weighted by Gasteiger charge is 2.52. The Morgan fingerprint density at radius 3 is 2.67 bits per heavy atom. The van der Waals surface area contributed by atoms with E-state index in [1.165, 1.54) is 24.3 Å². The van der Waals surface area contributed by atoms with Crippen molar-refractivity contribution >= 4 is 56.0 Å². The fraction of sp³-hybridized carbons (Fsp3) is 0.273. The summed E-state index contributed by atoms with van der Waals surface area (Å²) in [6, 6.07) is 6.67. The molecule has 0 unspecified atom stereocenters. The predicted octanol–water partition coefficient (Wildman–Crippen LogP) is 5.03. The van der Waals surface area contributed by atoms with Gasteiger partial charge in [0.2, 0.25) is 0 Å². The Hall–Kier alpha value is -2.12. The van der Waals surface area contributed by atoms with Gasteiger partial charge in [-0.15, -0.1) is 0 Å². The zero-order valence-electron chi connectivity index (χ0n) is 17.3. The second-order valence-electron chi connectivity index (χ2n) is 8.00. The number of halogens is 5. The topological polar surface area (TPSA) is 72.9 Å². The van der Waals surface area contributed by atoms with Gasteiger partial charge in [-0.1, -0.05) is 6.07 Å². The number of fused-ring (bicyclic) bond motifs is 1. The average Bonchev–Trinajstić information content (AvgIpc) is 3.17. The number of carbonyl (C=O) groups is 2. The molecule has 2 aliphatic heterocycles. The van der Waals surface area contributed by atoms with Gasteiger partial charge in [-0.2, -0.15) is 0 Å². The van der Waals surface area contributed by atoms with Crippen molar-refractivity contribution in [1.29, 1.82) is 0 Å². The number of nitrogens with one attached hydrogen (secondary N) is 1. The number of anilines is 1. The van der Waals surface area contributed by atoms with Crippen molar-refractivity contribution in [3.8, 4) is 0 Å². The van der Waals surface area contributed by atoms with E-state index in [-0.39, 0.29) is 25.8 Å². The molecule has 1 atom stereocenters. The average molecular weight is 636 g/mol. The summed E-state index contributed by atoms with van der Waals surface area (Å²) in [5.41, 5.74) is -1.58. The molecule has 6 nitrogen and oxygen atoms in total. The predicted molar refractivity (Wildman–Crippen MR) is 126 cm³/mol. The standard InChI is InChI=1S/C22H18BrF3IN3O3/c1-22-7-2-8-30(22)29(10-11-3-6-15(27)18(26)17(11)25)21(33)16(19(22)31)20(32)28-12-4-5-13(23)14(24)9-12/h3-6,9,31H,2,7-8,10H2,1H3,(H,28,32)/t22-/m1/s1. The van der Waals surface area contributed by atoms with E-state index in [1.807, 2.05) is 0 Å². The highest BCUT2D eigenvalue weighted by atomic mass is 127. The van der Waals surface area contributed by atoms with Gasteiger partial charge in [-0.05, 0) is 82.6 Å². The number of hydrazine groups is 1. The monoisotopic (exact) mass is 635 g/mol. The molecule has 2 aromatic carbocycles. The first-order chi connectivity index (χ1) is 15.5. The van der Waals surface area contributed by atoms with Crippen molar-refractivity contribution in [2.75, 3.05) is 11.9 Å². The first-order valence-electron chi connectivity index (χ1n) is 9.96. The molecule has 0 aromatic heterocycles. The maximum atomic E-state index is 14.6. The first kappa shape index (κ1) is 24.0. The van der Waals surface area contributed by atoms with Gasteiger partial charge in [-0.25, -0.2) is 18.2 Å². The van der Waals surface area contributed by atoms with Crippen molar-refractivity contribution in [2.24, 2.45) is 0 Å². The number of amides is 2. The normalized spacial score (nSPS) is 20.9. The van der Waals surface area contributed by atoms with E-state index in [4.69, 9.17) is 0 Å². The SMILES string of the molecule is C[C@]12CCCN1N(Cc1ccc(I)c(F)c1F)C(=O)C(C(=O)Nc1ccc(Br)c(F)c1)=C2O. The molecule has 33 heavy (non-hydrogen) atoms. The molecule has 2 aliphatic rings. The lowest BCUT2D eigenvalue weighted by atomic mass is 9.90. The van der Waals surface area contributed by atoms with E-state index in [9.17, 15) is 27.9 Å². The third kappa shape index (κ3) is 4.14. The van der Waals surface area contributed by atoms with Crippen molar-refractivity contribution in [3.05, 3.63) is 72.7 Å². The van der Waals surface area contributed by atoms with Crippen molar-refractivity contribution in [1.82, 2.24) is 10.0 Å². The zero-order chi connectivity index (χ0) is 24.1. The summed E-state index contributed by atoms with van der Waals surface area (Å²) >= 11 is 4.69. The number of aliphatic hydroxyl groups excluding tert-OH is 1. The molecule has 1 fully saturated rings. The number of rotatable bonds is 4. The minimum Gasteiger partial charge on any atom is -0.509 e. The summed E-state index contributed by atoms with van der Waals surface area (Å²) in [5, 5.41) is 16.1. The summed E-state index contributed by atoms with van der Waals surface area (Å²) in [7, 11) is 0. The lowest BCUT2D eigenvalue weighted by Crippen LogP contribution is -2.60. The van der Waals surface area contributed by atoms with E-state index < -0.39 is 46.1 Å². The number of carbonyl (C=O) groups excluding carboxylic acids is 2. The molecule has 4 rings (SSSR count). The van der Waals surface area contributed by atoms with Crippen LogP contribution in [0.3, 0.4) is 0 Å². The molecule has 11 heteroatoms. The van der Waals surface area contributed by atoms with Gasteiger partial charge in [-0.3, -0.25) is 14.6 Å². The smallest absolute Gasteiger partial charge is 0.277 e. The largest absolute Gasteiger partial charge is 0.509 e. The highest BCUT2D eigenvalue weighted by Crippen LogP contribution is 2.42. The Bertz CT molecular complexity index is 1210. The molecule has 0 aliphatic carbocycles. The summed E-state index contributed by atoms with van der Waals surface area (Å²) in [6.45, 7) is 1.73. The fourth-order valence-electron chi connectivity index (χ4n) is 4.16. The Balaban J connectivity index is 1.71. The van der Waals surface area contributed by atoms with Crippen LogP contribution in [-0.2, 0) is 16.1 Å². The van der Waals surface area contributed by atoms with E-state index in [0.29, 0.717) is 19.4 Å². The molecule has 1 saturated heterocycles. The first-order valence-corrected chi connectivity index (χ1v) is 11.8. The Kier molecular flexibility index (Phi) is 6.49. The maximum Gasteiger partial charge on any atom is 0.277 e. The molecule has 0 bridgehead atoms. The van der Waals surface area contributed by atoms with Crippen molar-refractivity contribution in [2.45, 2.75) is 31.8 Å². The summed E-state index contributed by atoms with van der Waals surface area (Å²) in [4.78, 5) is 26.4. The summed E-state index contributed by atoms with van der Waals surface area (Å²) in [6.07, 6.45) is 1.05.